The number of nitrogens with zero attached hydrogens (tertiary/aromatic N) is 3. The third kappa shape index (κ3) is 2.46. The molecule has 0 aliphatic carbocycles. The first kappa shape index (κ1) is 20.6. The van der Waals surface area contributed by atoms with Crippen LogP contribution in [0.2, 0.25) is 0 Å². The van der Waals surface area contributed by atoms with Crippen LogP contribution < -0.4 is 10.3 Å². The first-order valence-electron chi connectivity index (χ1n) is 13.7. The van der Waals surface area contributed by atoms with Gasteiger partial charge in [0.05, 0.1) is 22.6 Å². The van der Waals surface area contributed by atoms with E-state index in [4.69, 9.17) is 9.40 Å². The van der Waals surface area contributed by atoms with Gasteiger partial charge >= 0.3 is 6.98 Å². The number of rotatable bonds is 1. The second-order valence-corrected chi connectivity index (χ2v) is 10.8. The van der Waals surface area contributed by atoms with Crippen molar-refractivity contribution >= 4 is 67.6 Å². The van der Waals surface area contributed by atoms with Crippen molar-refractivity contribution in [1.82, 2.24) is 9.46 Å². The highest BCUT2D eigenvalue weighted by atomic mass is 16.3. The van der Waals surface area contributed by atoms with Crippen molar-refractivity contribution in [2.24, 2.45) is 0 Å². The molecule has 5 heterocycles. The van der Waals surface area contributed by atoms with E-state index in [1.807, 2.05) is 18.3 Å². The summed E-state index contributed by atoms with van der Waals surface area (Å²) >= 11 is 0. The molecule has 0 fully saturated rings. The van der Waals surface area contributed by atoms with Crippen molar-refractivity contribution in [3.8, 4) is 22.4 Å². The summed E-state index contributed by atoms with van der Waals surface area (Å²) in [6, 6.07) is 41.4. The number of fused-ring (bicyclic) bond motifs is 14. The van der Waals surface area contributed by atoms with E-state index in [-0.39, 0.29) is 6.98 Å². The molecule has 0 spiro atoms. The van der Waals surface area contributed by atoms with Gasteiger partial charge in [0.1, 0.15) is 11.2 Å². The van der Waals surface area contributed by atoms with E-state index < -0.39 is 0 Å². The molecular weight excluding hydrogens is 489 g/mol. The highest BCUT2D eigenvalue weighted by Gasteiger charge is 2.45. The van der Waals surface area contributed by atoms with Crippen LogP contribution in [0.25, 0.3) is 66.1 Å². The zero-order chi connectivity index (χ0) is 25.9. The molecule has 0 amide bonds. The van der Waals surface area contributed by atoms with Gasteiger partial charge in [0.2, 0.25) is 0 Å². The normalized spacial score (nSPS) is 13.4. The zero-order valence-corrected chi connectivity index (χ0v) is 21.4. The molecule has 0 bridgehead atoms. The van der Waals surface area contributed by atoms with Crippen LogP contribution in [0, 0.1) is 0 Å². The molecule has 5 aromatic carbocycles. The lowest BCUT2D eigenvalue weighted by Crippen LogP contribution is -2.51. The lowest BCUT2D eigenvalue weighted by molar-refractivity contribution is 0.669. The quantitative estimate of drug-likeness (QED) is 0.210. The van der Waals surface area contributed by atoms with E-state index in [0.717, 1.165) is 33.3 Å². The Bertz CT molecular complexity index is 2370. The predicted octanol–water partition coefficient (Wildman–Crippen LogP) is 8.13. The molecule has 0 unspecified atom stereocenters. The minimum absolute atomic E-state index is 0.0286. The molecule has 40 heavy (non-hydrogen) atoms. The average Bonchev–Trinajstić information content (AvgIpc) is 3.67. The summed E-state index contributed by atoms with van der Waals surface area (Å²) < 4.78 is 8.67. The minimum atomic E-state index is 0.0286. The number of hydrogen-bond donors (Lipinski definition) is 0. The third-order valence-electron chi connectivity index (χ3n) is 8.78. The van der Waals surface area contributed by atoms with Crippen molar-refractivity contribution < 1.29 is 4.42 Å². The van der Waals surface area contributed by atoms with Gasteiger partial charge in [-0.2, -0.15) is 0 Å². The zero-order valence-electron chi connectivity index (χ0n) is 21.4. The van der Waals surface area contributed by atoms with Crippen LogP contribution in [-0.2, 0) is 0 Å². The van der Waals surface area contributed by atoms with Gasteiger partial charge < -0.3 is 13.7 Å². The van der Waals surface area contributed by atoms with Crippen molar-refractivity contribution in [2.45, 2.75) is 0 Å². The fourth-order valence-electron chi connectivity index (χ4n) is 7.14. The molecule has 0 atom stereocenters. The van der Waals surface area contributed by atoms with Crippen molar-refractivity contribution in [3.05, 3.63) is 121 Å². The molecule has 0 saturated heterocycles. The van der Waals surface area contributed by atoms with Gasteiger partial charge in [-0.25, -0.2) is 0 Å². The van der Waals surface area contributed by atoms with Crippen LogP contribution in [0.3, 0.4) is 0 Å². The maximum atomic E-state index is 6.14. The van der Waals surface area contributed by atoms with Gasteiger partial charge in [0.15, 0.2) is 0 Å². The molecule has 2 aliphatic rings. The Morgan fingerprint density at radius 2 is 1.40 bits per heavy atom. The molecule has 0 N–H and O–H groups in total. The van der Waals surface area contributed by atoms with E-state index >= 15 is 0 Å². The number of furan rings is 1. The number of aromatic nitrogens is 2. The molecule has 184 valence electrons. The van der Waals surface area contributed by atoms with Crippen LogP contribution in [-0.4, -0.2) is 16.4 Å². The van der Waals surface area contributed by atoms with Crippen LogP contribution >= 0.6 is 0 Å². The lowest BCUT2D eigenvalue weighted by Gasteiger charge is -2.33. The van der Waals surface area contributed by atoms with Gasteiger partial charge in [-0.15, -0.1) is 0 Å². The monoisotopic (exact) mass is 509 g/mol. The maximum absolute atomic E-state index is 6.14. The Balaban J connectivity index is 1.31. The standard InChI is InChI=1S/C35H20BN3O/c1-4-11-28-25(10-1)34-30(13-7-17-37-34)38-31-20-22(19-27-23-8-2-5-12-29(23)39(35(27)31)36(28)38)21-15-16-33-26(18-21)24-9-3-6-14-32(24)40-33/h1-20H. The second kappa shape index (κ2) is 7.22. The summed E-state index contributed by atoms with van der Waals surface area (Å²) in [7, 11) is 0. The fourth-order valence-corrected chi connectivity index (χ4v) is 7.14. The molecule has 8 aromatic rings. The topological polar surface area (TPSA) is 34.2 Å². The number of anilines is 2. The van der Waals surface area contributed by atoms with E-state index in [0.29, 0.717) is 0 Å². The van der Waals surface area contributed by atoms with Crippen LogP contribution in [0.1, 0.15) is 0 Å². The van der Waals surface area contributed by atoms with Crippen molar-refractivity contribution in [2.75, 3.05) is 4.81 Å². The average molecular weight is 509 g/mol. The van der Waals surface area contributed by atoms with Crippen LogP contribution in [0.15, 0.2) is 126 Å². The smallest absolute Gasteiger partial charge is 0.421 e. The van der Waals surface area contributed by atoms with E-state index in [1.165, 1.54) is 49.6 Å². The highest BCUT2D eigenvalue weighted by molar-refractivity contribution is 6.82. The maximum Gasteiger partial charge on any atom is 0.421 e. The Kier molecular flexibility index (Phi) is 3.73. The molecule has 10 rings (SSSR count). The van der Waals surface area contributed by atoms with Gasteiger partial charge in [0, 0.05) is 38.8 Å². The number of para-hydroxylation sites is 2. The first-order chi connectivity index (χ1) is 19.8. The fraction of sp³-hybridized carbons (Fsp3) is 0. The summed E-state index contributed by atoms with van der Waals surface area (Å²) in [6.45, 7) is 0.0286. The highest BCUT2D eigenvalue weighted by Crippen LogP contribution is 2.50. The summed E-state index contributed by atoms with van der Waals surface area (Å²) in [5.74, 6) is 0. The Labute approximate surface area is 229 Å². The Morgan fingerprint density at radius 3 is 2.38 bits per heavy atom. The van der Waals surface area contributed by atoms with Crippen molar-refractivity contribution in [3.63, 3.8) is 0 Å². The molecule has 2 aliphatic heterocycles. The van der Waals surface area contributed by atoms with Gasteiger partial charge in [-0.05, 0) is 65.1 Å². The molecule has 4 nitrogen and oxygen atoms in total. The molecular formula is C35H20BN3O. The number of benzene rings is 5. The lowest BCUT2D eigenvalue weighted by atomic mass is 9.61. The molecule has 0 saturated carbocycles. The predicted molar refractivity (Wildman–Crippen MR) is 165 cm³/mol. The van der Waals surface area contributed by atoms with Crippen molar-refractivity contribution in [1.29, 1.82) is 0 Å². The van der Waals surface area contributed by atoms with E-state index in [2.05, 4.69) is 112 Å². The largest absolute Gasteiger partial charge is 0.456 e. The van der Waals surface area contributed by atoms with E-state index in [9.17, 15) is 0 Å². The molecule has 5 heteroatoms. The second-order valence-electron chi connectivity index (χ2n) is 10.8. The summed E-state index contributed by atoms with van der Waals surface area (Å²) in [5.41, 5.74) is 12.6. The third-order valence-corrected chi connectivity index (χ3v) is 8.78. The Morgan fingerprint density at radius 1 is 0.600 bits per heavy atom. The SMILES string of the molecule is c1ccc2c(c1)B1N(c3cccnc3-2)c2cc(-c3ccc4oc5ccccc5c4c3)cc3c4ccccc4n1c23. The van der Waals surface area contributed by atoms with E-state index in [1.54, 1.807) is 0 Å². The minimum Gasteiger partial charge on any atom is -0.456 e. The molecule has 3 aromatic heterocycles. The van der Waals surface area contributed by atoms with Gasteiger partial charge in [-0.1, -0.05) is 66.7 Å². The first-order valence-corrected chi connectivity index (χ1v) is 13.7. The Hall–Kier alpha value is -5.29. The van der Waals surface area contributed by atoms with Gasteiger partial charge in [0.25, 0.3) is 0 Å². The summed E-state index contributed by atoms with van der Waals surface area (Å²) in [6.07, 6.45) is 1.90. The van der Waals surface area contributed by atoms with Crippen LogP contribution in [0.5, 0.6) is 0 Å². The number of hydrogen-bond acceptors (Lipinski definition) is 3. The summed E-state index contributed by atoms with van der Waals surface area (Å²) in [5, 5.41) is 4.85. The summed E-state index contributed by atoms with van der Waals surface area (Å²) in [4.78, 5) is 7.37. The van der Waals surface area contributed by atoms with Gasteiger partial charge in [-0.3, -0.25) is 4.98 Å². The molecule has 0 radical (unpaired) electrons. The van der Waals surface area contributed by atoms with Crippen LogP contribution in [0.4, 0.5) is 11.4 Å². The number of pyridine rings is 1.